The van der Waals surface area contributed by atoms with Crippen LogP contribution in [0.5, 0.6) is 0 Å². The van der Waals surface area contributed by atoms with Crippen LogP contribution in [-0.4, -0.2) is 31.1 Å². The zero-order chi connectivity index (χ0) is 22.1. The third-order valence-electron chi connectivity index (χ3n) is 5.56. The Morgan fingerprint density at radius 3 is 2.53 bits per heavy atom. The highest BCUT2D eigenvalue weighted by Gasteiger charge is 2.15. The van der Waals surface area contributed by atoms with E-state index in [4.69, 9.17) is 0 Å². The zero-order valence-corrected chi connectivity index (χ0v) is 18.0. The smallest absolute Gasteiger partial charge is 0.244 e. The minimum Gasteiger partial charge on any atom is -0.331 e. The van der Waals surface area contributed by atoms with Crippen LogP contribution in [-0.2, 0) is 17.8 Å². The van der Waals surface area contributed by atoms with Crippen LogP contribution in [0.3, 0.4) is 0 Å². The number of nitrogens with one attached hydrogen (secondary N) is 2. The molecule has 5 aromatic rings. The number of tetrazole rings is 1. The van der Waals surface area contributed by atoms with Gasteiger partial charge in [0.05, 0.1) is 0 Å². The summed E-state index contributed by atoms with van der Waals surface area (Å²) < 4.78 is 2.05. The van der Waals surface area contributed by atoms with Gasteiger partial charge in [0.1, 0.15) is 6.54 Å². The number of benzene rings is 3. The van der Waals surface area contributed by atoms with Gasteiger partial charge in [-0.3, -0.25) is 4.79 Å². The van der Waals surface area contributed by atoms with E-state index < -0.39 is 0 Å². The summed E-state index contributed by atoms with van der Waals surface area (Å²) in [6, 6.07) is 22.2. The van der Waals surface area contributed by atoms with Crippen LogP contribution < -0.4 is 5.32 Å². The summed E-state index contributed by atoms with van der Waals surface area (Å²) in [5.74, 6) is 1.08. The molecule has 1 amide bonds. The molecule has 0 bridgehead atoms. The number of carbonyl (C=O) groups is 1. The van der Waals surface area contributed by atoms with Crippen molar-refractivity contribution >= 4 is 33.4 Å². The number of para-hydroxylation sites is 1. The molecular formula is C25H24N6O. The summed E-state index contributed by atoms with van der Waals surface area (Å²) in [4.78, 5) is 12.9. The highest BCUT2D eigenvalue weighted by Crippen LogP contribution is 2.31. The highest BCUT2D eigenvalue weighted by molar-refractivity contribution is 6.10. The van der Waals surface area contributed by atoms with Crippen molar-refractivity contribution in [3.8, 4) is 11.4 Å². The number of hydrogen-bond donors (Lipinski definition) is 2. The number of H-pyrrole nitrogens is 1. The standard InChI is InChI=1S/C25H24N6O/c1-16(2)13-17-7-10-19(11-8-17)26-24(32)15-31-22-6-4-3-5-20(22)21-14-18(9-12-23(21)31)25-27-29-30-28-25/h3-12,14,16H,13,15H2,1-2H3,(H,26,32)(H,27,28,29,30). The molecule has 0 saturated carbocycles. The topological polar surface area (TPSA) is 88.5 Å². The van der Waals surface area contributed by atoms with E-state index in [1.54, 1.807) is 0 Å². The second-order valence-corrected chi connectivity index (χ2v) is 8.41. The van der Waals surface area contributed by atoms with Gasteiger partial charge in [0.2, 0.25) is 11.7 Å². The molecular weight excluding hydrogens is 400 g/mol. The first kappa shape index (κ1) is 19.9. The van der Waals surface area contributed by atoms with Crippen LogP contribution in [0.1, 0.15) is 19.4 Å². The quantitative estimate of drug-likeness (QED) is 0.409. The Bertz CT molecular complexity index is 1380. The normalized spacial score (nSPS) is 11.5. The molecule has 2 N–H and O–H groups in total. The highest BCUT2D eigenvalue weighted by atomic mass is 16.1. The maximum Gasteiger partial charge on any atom is 0.244 e. The van der Waals surface area contributed by atoms with Crippen LogP contribution in [0.15, 0.2) is 66.7 Å². The van der Waals surface area contributed by atoms with E-state index in [2.05, 4.69) is 58.0 Å². The average molecular weight is 425 g/mol. The molecule has 0 fully saturated rings. The lowest BCUT2D eigenvalue weighted by Gasteiger charge is -2.10. The van der Waals surface area contributed by atoms with E-state index in [0.717, 1.165) is 39.5 Å². The number of fused-ring (bicyclic) bond motifs is 3. The number of aromatic amines is 1. The van der Waals surface area contributed by atoms with Crippen LogP contribution in [0, 0.1) is 5.92 Å². The molecule has 0 aliphatic heterocycles. The number of carbonyl (C=O) groups excluding carboxylic acids is 1. The molecule has 0 aliphatic carbocycles. The number of anilines is 1. The molecule has 0 radical (unpaired) electrons. The minimum atomic E-state index is -0.0634. The lowest BCUT2D eigenvalue weighted by atomic mass is 10.0. The second-order valence-electron chi connectivity index (χ2n) is 8.41. The maximum atomic E-state index is 12.9. The van der Waals surface area contributed by atoms with Gasteiger partial charge in [0.25, 0.3) is 0 Å². The van der Waals surface area contributed by atoms with E-state index >= 15 is 0 Å². The average Bonchev–Trinajstić information content (AvgIpc) is 3.42. The molecule has 5 rings (SSSR count). The van der Waals surface area contributed by atoms with Crippen molar-refractivity contribution < 1.29 is 4.79 Å². The first-order valence-electron chi connectivity index (χ1n) is 10.7. The third kappa shape index (κ3) is 3.85. The number of amides is 1. The number of aromatic nitrogens is 5. The molecule has 32 heavy (non-hydrogen) atoms. The number of hydrogen-bond acceptors (Lipinski definition) is 4. The molecule has 7 nitrogen and oxygen atoms in total. The van der Waals surface area contributed by atoms with Gasteiger partial charge in [-0.1, -0.05) is 44.2 Å². The van der Waals surface area contributed by atoms with Crippen molar-refractivity contribution in [2.75, 3.05) is 5.32 Å². The lowest BCUT2D eigenvalue weighted by Crippen LogP contribution is -2.18. The summed E-state index contributed by atoms with van der Waals surface area (Å²) in [6.45, 7) is 4.62. The summed E-state index contributed by atoms with van der Waals surface area (Å²) in [5, 5.41) is 19.5. The number of rotatable bonds is 6. The van der Waals surface area contributed by atoms with Gasteiger partial charge in [-0.2, -0.15) is 5.21 Å². The monoisotopic (exact) mass is 424 g/mol. The predicted octanol–water partition coefficient (Wildman–Crippen LogP) is 4.81. The van der Waals surface area contributed by atoms with Gasteiger partial charge in [-0.15, -0.1) is 10.2 Å². The van der Waals surface area contributed by atoms with Gasteiger partial charge in [-0.05, 0) is 59.5 Å². The van der Waals surface area contributed by atoms with Crippen LogP contribution in [0.2, 0.25) is 0 Å². The van der Waals surface area contributed by atoms with Gasteiger partial charge in [0, 0.05) is 33.1 Å². The Morgan fingerprint density at radius 1 is 1.00 bits per heavy atom. The minimum absolute atomic E-state index is 0.0634. The summed E-state index contributed by atoms with van der Waals surface area (Å²) in [7, 11) is 0. The number of nitrogens with zero attached hydrogens (tertiary/aromatic N) is 4. The molecule has 0 spiro atoms. The van der Waals surface area contributed by atoms with Gasteiger partial charge >= 0.3 is 0 Å². The first-order valence-corrected chi connectivity index (χ1v) is 10.7. The zero-order valence-electron chi connectivity index (χ0n) is 18.0. The largest absolute Gasteiger partial charge is 0.331 e. The molecule has 2 heterocycles. The Morgan fingerprint density at radius 2 is 1.78 bits per heavy atom. The fraction of sp³-hybridized carbons (Fsp3) is 0.200. The first-order chi connectivity index (χ1) is 15.6. The maximum absolute atomic E-state index is 12.9. The molecule has 0 atom stereocenters. The van der Waals surface area contributed by atoms with Crippen LogP contribution in [0.4, 0.5) is 5.69 Å². The molecule has 2 aromatic heterocycles. The molecule has 7 heteroatoms. The Balaban J connectivity index is 1.45. The van der Waals surface area contributed by atoms with Gasteiger partial charge < -0.3 is 9.88 Å². The summed E-state index contributed by atoms with van der Waals surface area (Å²) in [5.41, 5.74) is 4.96. The third-order valence-corrected chi connectivity index (χ3v) is 5.56. The van der Waals surface area contributed by atoms with E-state index in [-0.39, 0.29) is 12.5 Å². The van der Waals surface area contributed by atoms with Crippen molar-refractivity contribution in [2.45, 2.75) is 26.8 Å². The summed E-state index contributed by atoms with van der Waals surface area (Å²) in [6.07, 6.45) is 1.03. The Kier molecular flexibility index (Phi) is 5.15. The van der Waals surface area contributed by atoms with E-state index in [0.29, 0.717) is 11.7 Å². The SMILES string of the molecule is CC(C)Cc1ccc(NC(=O)Cn2c3ccccc3c3cc(-c4nn[nH]n4)ccc32)cc1. The molecule has 3 aromatic carbocycles. The summed E-state index contributed by atoms with van der Waals surface area (Å²) >= 11 is 0. The van der Waals surface area contributed by atoms with Crippen molar-refractivity contribution in [1.82, 2.24) is 25.2 Å². The van der Waals surface area contributed by atoms with Gasteiger partial charge in [0.15, 0.2) is 0 Å². The molecule has 160 valence electrons. The van der Waals surface area contributed by atoms with E-state index in [9.17, 15) is 4.79 Å². The van der Waals surface area contributed by atoms with Crippen LogP contribution in [0.25, 0.3) is 33.2 Å². The Labute approximate surface area is 185 Å². The van der Waals surface area contributed by atoms with Crippen LogP contribution >= 0.6 is 0 Å². The van der Waals surface area contributed by atoms with Crippen molar-refractivity contribution in [3.05, 3.63) is 72.3 Å². The second kappa shape index (κ2) is 8.26. The van der Waals surface area contributed by atoms with Crippen molar-refractivity contribution in [3.63, 3.8) is 0 Å². The van der Waals surface area contributed by atoms with Crippen molar-refractivity contribution in [2.24, 2.45) is 5.92 Å². The van der Waals surface area contributed by atoms with E-state index in [1.807, 2.05) is 53.1 Å². The predicted molar refractivity (Wildman–Crippen MR) is 126 cm³/mol. The fourth-order valence-electron chi connectivity index (χ4n) is 4.19. The van der Waals surface area contributed by atoms with Gasteiger partial charge in [-0.25, -0.2) is 0 Å². The Hall–Kier alpha value is -4.00. The fourth-order valence-corrected chi connectivity index (χ4v) is 4.19. The molecule has 0 saturated heterocycles. The molecule has 0 aliphatic rings. The lowest BCUT2D eigenvalue weighted by molar-refractivity contribution is -0.116. The van der Waals surface area contributed by atoms with Crippen molar-refractivity contribution in [1.29, 1.82) is 0 Å². The molecule has 0 unspecified atom stereocenters. The van der Waals surface area contributed by atoms with E-state index in [1.165, 1.54) is 5.56 Å².